The molecule has 1 atom stereocenters. The van der Waals surface area contributed by atoms with E-state index in [1.165, 1.54) is 16.4 Å². The first-order chi connectivity index (χ1) is 10.6. The molecule has 1 aliphatic rings. The summed E-state index contributed by atoms with van der Waals surface area (Å²) in [5, 5.41) is 8.91. The van der Waals surface area contributed by atoms with E-state index in [2.05, 4.69) is 9.97 Å². The van der Waals surface area contributed by atoms with Crippen LogP contribution in [0.1, 0.15) is 23.6 Å². The Kier molecular flexibility index (Phi) is 3.88. The van der Waals surface area contributed by atoms with Gasteiger partial charge in [0.05, 0.1) is 22.2 Å². The zero-order valence-electron chi connectivity index (χ0n) is 11.8. The highest BCUT2D eigenvalue weighted by atomic mass is 32.2. The Bertz CT molecular complexity index is 815. The second-order valence-corrected chi connectivity index (χ2v) is 7.06. The third kappa shape index (κ3) is 2.71. The molecule has 1 saturated heterocycles. The molecule has 3 rings (SSSR count). The minimum Gasteiger partial charge on any atom is -0.261 e. The fourth-order valence-electron chi connectivity index (χ4n) is 2.58. The fourth-order valence-corrected chi connectivity index (χ4v) is 4.13. The topological polar surface area (TPSA) is 87.0 Å². The Morgan fingerprint density at radius 3 is 2.91 bits per heavy atom. The Balaban J connectivity index is 1.84. The maximum atomic E-state index is 12.7. The maximum Gasteiger partial charge on any atom is 0.243 e. The van der Waals surface area contributed by atoms with Gasteiger partial charge in [-0.25, -0.2) is 8.42 Å². The van der Waals surface area contributed by atoms with E-state index in [9.17, 15) is 8.42 Å². The van der Waals surface area contributed by atoms with Gasteiger partial charge in [0.15, 0.2) is 0 Å². The maximum absolute atomic E-state index is 12.7. The predicted octanol–water partition coefficient (Wildman–Crippen LogP) is 1.53. The van der Waals surface area contributed by atoms with Gasteiger partial charge in [-0.15, -0.1) is 0 Å². The van der Waals surface area contributed by atoms with Crippen molar-refractivity contribution < 1.29 is 8.42 Å². The van der Waals surface area contributed by atoms with Crippen LogP contribution in [-0.4, -0.2) is 35.8 Å². The molecule has 1 unspecified atom stereocenters. The lowest BCUT2D eigenvalue weighted by Crippen LogP contribution is -2.28. The zero-order chi connectivity index (χ0) is 15.6. The van der Waals surface area contributed by atoms with E-state index in [1.54, 1.807) is 30.7 Å². The summed E-state index contributed by atoms with van der Waals surface area (Å²) in [5.74, 6) is 0.0580. The van der Waals surface area contributed by atoms with Crippen molar-refractivity contribution in [3.05, 3.63) is 54.1 Å². The molecule has 0 aliphatic carbocycles. The summed E-state index contributed by atoms with van der Waals surface area (Å²) in [7, 11) is -3.58. The lowest BCUT2D eigenvalue weighted by atomic mass is 10.1. The van der Waals surface area contributed by atoms with Crippen LogP contribution in [0.5, 0.6) is 0 Å². The van der Waals surface area contributed by atoms with Crippen LogP contribution in [0.15, 0.2) is 47.8 Å². The molecule has 0 radical (unpaired) electrons. The summed E-state index contributed by atoms with van der Waals surface area (Å²) < 4.78 is 26.8. The van der Waals surface area contributed by atoms with Crippen LogP contribution < -0.4 is 0 Å². The molecular weight excluding hydrogens is 300 g/mol. The number of rotatable bonds is 3. The van der Waals surface area contributed by atoms with Crippen LogP contribution in [0, 0.1) is 11.3 Å². The summed E-state index contributed by atoms with van der Waals surface area (Å²) >= 11 is 0. The van der Waals surface area contributed by atoms with Gasteiger partial charge in [-0.05, 0) is 24.6 Å². The molecule has 0 N–H and O–H groups in total. The largest absolute Gasteiger partial charge is 0.261 e. The van der Waals surface area contributed by atoms with Crippen LogP contribution in [0.4, 0.5) is 0 Å². The molecular formula is C15H14N4O2S. The molecule has 2 aromatic rings. The summed E-state index contributed by atoms with van der Waals surface area (Å²) in [5.41, 5.74) is 1.15. The second-order valence-electron chi connectivity index (χ2n) is 5.12. The fraction of sp³-hybridized carbons (Fsp3) is 0.267. The van der Waals surface area contributed by atoms with Crippen molar-refractivity contribution in [2.75, 3.05) is 13.1 Å². The summed E-state index contributed by atoms with van der Waals surface area (Å²) in [6.45, 7) is 0.832. The van der Waals surface area contributed by atoms with Gasteiger partial charge in [0.25, 0.3) is 0 Å². The Morgan fingerprint density at radius 2 is 2.18 bits per heavy atom. The van der Waals surface area contributed by atoms with Crippen molar-refractivity contribution >= 4 is 10.0 Å². The molecule has 6 nitrogen and oxygen atoms in total. The van der Waals surface area contributed by atoms with Crippen LogP contribution in [-0.2, 0) is 10.0 Å². The Labute approximate surface area is 129 Å². The third-order valence-corrected chi connectivity index (χ3v) is 5.61. The first-order valence-corrected chi connectivity index (χ1v) is 8.31. The standard InChI is InChI=1S/C15H14N4O2S/c16-9-12-2-1-3-14(8-12)22(20,21)19-7-4-13(11-19)15-10-17-5-6-18-15/h1-3,5-6,8,10,13H,4,7,11H2. The summed E-state index contributed by atoms with van der Waals surface area (Å²) in [4.78, 5) is 8.44. The Hall–Kier alpha value is -2.30. The number of hydrogen-bond acceptors (Lipinski definition) is 5. The third-order valence-electron chi connectivity index (χ3n) is 3.75. The monoisotopic (exact) mass is 314 g/mol. The van der Waals surface area contributed by atoms with Crippen molar-refractivity contribution in [1.82, 2.24) is 14.3 Å². The van der Waals surface area contributed by atoms with Gasteiger partial charge in [0, 0.05) is 37.6 Å². The molecule has 7 heteroatoms. The first-order valence-electron chi connectivity index (χ1n) is 6.87. The van der Waals surface area contributed by atoms with Crippen molar-refractivity contribution in [2.45, 2.75) is 17.2 Å². The van der Waals surface area contributed by atoms with E-state index < -0.39 is 10.0 Å². The van der Waals surface area contributed by atoms with Crippen molar-refractivity contribution in [3.63, 3.8) is 0 Å². The quantitative estimate of drug-likeness (QED) is 0.857. The SMILES string of the molecule is N#Cc1cccc(S(=O)(=O)N2CCC(c3cnccn3)C2)c1. The number of nitriles is 1. The van der Waals surface area contributed by atoms with E-state index in [0.29, 0.717) is 18.7 Å². The van der Waals surface area contributed by atoms with Gasteiger partial charge in [0.1, 0.15) is 0 Å². The minimum atomic E-state index is -3.58. The highest BCUT2D eigenvalue weighted by Crippen LogP contribution is 2.29. The highest BCUT2D eigenvalue weighted by Gasteiger charge is 2.33. The van der Waals surface area contributed by atoms with Gasteiger partial charge in [0.2, 0.25) is 10.0 Å². The zero-order valence-corrected chi connectivity index (χ0v) is 12.6. The van der Waals surface area contributed by atoms with Crippen LogP contribution >= 0.6 is 0 Å². The number of benzene rings is 1. The molecule has 112 valence electrons. The van der Waals surface area contributed by atoms with Crippen molar-refractivity contribution in [1.29, 1.82) is 5.26 Å². The van der Waals surface area contributed by atoms with Crippen LogP contribution in [0.2, 0.25) is 0 Å². The van der Waals surface area contributed by atoms with E-state index in [0.717, 1.165) is 12.1 Å². The molecule has 0 amide bonds. The predicted molar refractivity (Wildman–Crippen MR) is 79.3 cm³/mol. The first kappa shape index (κ1) is 14.6. The van der Waals surface area contributed by atoms with Gasteiger partial charge in [-0.1, -0.05) is 6.07 Å². The summed E-state index contributed by atoms with van der Waals surface area (Å²) in [6.07, 6.45) is 5.61. The van der Waals surface area contributed by atoms with Gasteiger partial charge < -0.3 is 0 Å². The molecule has 1 aromatic carbocycles. The molecule has 1 fully saturated rings. The van der Waals surface area contributed by atoms with Crippen LogP contribution in [0.3, 0.4) is 0 Å². The van der Waals surface area contributed by atoms with E-state index in [4.69, 9.17) is 5.26 Å². The van der Waals surface area contributed by atoms with E-state index in [1.807, 2.05) is 6.07 Å². The Morgan fingerprint density at radius 1 is 1.32 bits per heavy atom. The van der Waals surface area contributed by atoms with Crippen molar-refractivity contribution in [2.24, 2.45) is 0 Å². The molecule has 0 spiro atoms. The number of sulfonamides is 1. The number of nitrogens with zero attached hydrogens (tertiary/aromatic N) is 4. The average molecular weight is 314 g/mol. The molecule has 0 saturated carbocycles. The number of aromatic nitrogens is 2. The van der Waals surface area contributed by atoms with E-state index in [-0.39, 0.29) is 10.8 Å². The van der Waals surface area contributed by atoms with Gasteiger partial charge >= 0.3 is 0 Å². The molecule has 0 bridgehead atoms. The lowest BCUT2D eigenvalue weighted by Gasteiger charge is -2.16. The second kappa shape index (κ2) is 5.83. The minimum absolute atomic E-state index is 0.0580. The normalized spacial score (nSPS) is 19.0. The average Bonchev–Trinajstić information content (AvgIpc) is 3.06. The van der Waals surface area contributed by atoms with Crippen LogP contribution in [0.25, 0.3) is 0 Å². The molecule has 22 heavy (non-hydrogen) atoms. The molecule has 2 heterocycles. The van der Waals surface area contributed by atoms with E-state index >= 15 is 0 Å². The van der Waals surface area contributed by atoms with Crippen molar-refractivity contribution in [3.8, 4) is 6.07 Å². The lowest BCUT2D eigenvalue weighted by molar-refractivity contribution is 0.472. The summed E-state index contributed by atoms with van der Waals surface area (Å²) in [6, 6.07) is 8.06. The highest BCUT2D eigenvalue weighted by molar-refractivity contribution is 7.89. The van der Waals surface area contributed by atoms with Gasteiger partial charge in [-0.3, -0.25) is 9.97 Å². The smallest absolute Gasteiger partial charge is 0.243 e. The molecule has 1 aliphatic heterocycles. The number of hydrogen-bond donors (Lipinski definition) is 0. The van der Waals surface area contributed by atoms with Gasteiger partial charge in [-0.2, -0.15) is 9.57 Å². The molecule has 1 aromatic heterocycles.